The number of benzene rings is 1. The minimum absolute atomic E-state index is 0.274. The maximum Gasteiger partial charge on any atom is 0.407 e. The molecule has 1 N–H and O–H groups in total. The Balaban J connectivity index is 1.70. The molecule has 3 heteroatoms. The number of amides is 1. The van der Waals surface area contributed by atoms with Crippen LogP contribution in [0.25, 0.3) is 0 Å². The molecule has 1 aliphatic rings. The lowest BCUT2D eigenvalue weighted by Crippen LogP contribution is -2.39. The Hall–Kier alpha value is -1.51. The van der Waals surface area contributed by atoms with E-state index in [0.717, 1.165) is 31.2 Å². The molecule has 1 aromatic carbocycles. The van der Waals surface area contributed by atoms with E-state index in [9.17, 15) is 4.79 Å². The Morgan fingerprint density at radius 3 is 2.53 bits per heavy atom. The van der Waals surface area contributed by atoms with E-state index < -0.39 is 0 Å². The quantitative estimate of drug-likeness (QED) is 0.896. The summed E-state index contributed by atoms with van der Waals surface area (Å²) in [6.45, 7) is 4.92. The molecule has 19 heavy (non-hydrogen) atoms. The molecule has 2 rings (SSSR count). The van der Waals surface area contributed by atoms with Crippen molar-refractivity contribution in [2.45, 2.75) is 52.2 Å². The summed E-state index contributed by atoms with van der Waals surface area (Å²) in [5, 5.41) is 2.97. The van der Waals surface area contributed by atoms with Crippen LogP contribution in [0.15, 0.2) is 30.3 Å². The van der Waals surface area contributed by atoms with Crippen molar-refractivity contribution >= 4 is 6.09 Å². The highest BCUT2D eigenvalue weighted by atomic mass is 16.5. The largest absolute Gasteiger partial charge is 0.445 e. The van der Waals surface area contributed by atoms with Gasteiger partial charge >= 0.3 is 6.09 Å². The van der Waals surface area contributed by atoms with Gasteiger partial charge in [0.1, 0.15) is 6.61 Å². The fraction of sp³-hybridized carbons (Fsp3) is 0.562. The van der Waals surface area contributed by atoms with E-state index in [1.54, 1.807) is 0 Å². The molecule has 0 heterocycles. The number of rotatable bonds is 3. The van der Waals surface area contributed by atoms with Gasteiger partial charge in [-0.25, -0.2) is 4.79 Å². The minimum atomic E-state index is -0.298. The molecule has 0 atom stereocenters. The zero-order valence-corrected chi connectivity index (χ0v) is 11.8. The number of ether oxygens (including phenoxy) is 1. The molecule has 1 aromatic rings. The molecule has 1 amide bonds. The highest BCUT2D eigenvalue weighted by molar-refractivity contribution is 5.67. The third-order valence-corrected chi connectivity index (χ3v) is 3.87. The van der Waals surface area contributed by atoms with E-state index in [-0.39, 0.29) is 12.1 Å². The minimum Gasteiger partial charge on any atom is -0.445 e. The van der Waals surface area contributed by atoms with Gasteiger partial charge < -0.3 is 10.1 Å². The second-order valence-corrected chi connectivity index (χ2v) is 6.14. The fourth-order valence-electron chi connectivity index (χ4n) is 2.48. The Morgan fingerprint density at radius 2 is 1.89 bits per heavy atom. The first kappa shape index (κ1) is 13.9. The molecule has 0 bridgehead atoms. The normalized spacial score (nSPS) is 18.8. The molecular formula is C16H23NO2. The molecule has 1 saturated carbocycles. The Morgan fingerprint density at radius 1 is 1.26 bits per heavy atom. The van der Waals surface area contributed by atoms with E-state index in [1.807, 2.05) is 30.3 Å². The predicted octanol–water partition coefficient (Wildman–Crippen LogP) is 3.88. The Kier molecular flexibility index (Phi) is 4.46. The van der Waals surface area contributed by atoms with Crippen molar-refractivity contribution in [1.29, 1.82) is 0 Å². The van der Waals surface area contributed by atoms with E-state index in [0.29, 0.717) is 12.0 Å². The third kappa shape index (κ3) is 4.58. The van der Waals surface area contributed by atoms with Crippen LogP contribution >= 0.6 is 0 Å². The summed E-state index contributed by atoms with van der Waals surface area (Å²) in [6.07, 6.45) is 4.13. The van der Waals surface area contributed by atoms with Gasteiger partial charge in [-0.05, 0) is 36.7 Å². The number of alkyl carbamates (subject to hydrolysis) is 1. The summed E-state index contributed by atoms with van der Waals surface area (Å²) in [6, 6.07) is 10.0. The van der Waals surface area contributed by atoms with Gasteiger partial charge in [0.25, 0.3) is 0 Å². The van der Waals surface area contributed by atoms with Crippen molar-refractivity contribution in [2.75, 3.05) is 0 Å². The summed E-state index contributed by atoms with van der Waals surface area (Å²) in [5.41, 5.74) is 1.44. The molecule has 0 unspecified atom stereocenters. The zero-order valence-electron chi connectivity index (χ0n) is 11.8. The van der Waals surface area contributed by atoms with Crippen LogP contribution in [0, 0.1) is 5.41 Å². The average molecular weight is 261 g/mol. The van der Waals surface area contributed by atoms with Gasteiger partial charge in [-0.3, -0.25) is 0 Å². The van der Waals surface area contributed by atoms with Crippen molar-refractivity contribution < 1.29 is 9.53 Å². The van der Waals surface area contributed by atoms with Crippen LogP contribution in [0.3, 0.4) is 0 Å². The lowest BCUT2D eigenvalue weighted by Gasteiger charge is -2.34. The topological polar surface area (TPSA) is 38.3 Å². The van der Waals surface area contributed by atoms with Crippen molar-refractivity contribution in [2.24, 2.45) is 5.41 Å². The lowest BCUT2D eigenvalue weighted by atomic mass is 9.76. The highest BCUT2D eigenvalue weighted by Crippen LogP contribution is 2.34. The van der Waals surface area contributed by atoms with Gasteiger partial charge in [0.05, 0.1) is 0 Å². The molecule has 0 aliphatic heterocycles. The first-order chi connectivity index (χ1) is 9.05. The van der Waals surface area contributed by atoms with Gasteiger partial charge in [0, 0.05) is 6.04 Å². The van der Waals surface area contributed by atoms with E-state index in [2.05, 4.69) is 19.2 Å². The molecule has 104 valence electrons. The SMILES string of the molecule is CC1(C)CCC(NC(=O)OCc2ccccc2)CC1. The Bertz CT molecular complexity index is 404. The van der Waals surface area contributed by atoms with Gasteiger partial charge in [-0.15, -0.1) is 0 Å². The van der Waals surface area contributed by atoms with Gasteiger partial charge in [0.2, 0.25) is 0 Å². The molecule has 1 aliphatic carbocycles. The van der Waals surface area contributed by atoms with Gasteiger partial charge in [-0.1, -0.05) is 44.2 Å². The number of nitrogens with one attached hydrogen (secondary N) is 1. The van der Waals surface area contributed by atoms with Crippen molar-refractivity contribution in [3.63, 3.8) is 0 Å². The second-order valence-electron chi connectivity index (χ2n) is 6.14. The number of carbonyl (C=O) groups excluding carboxylic acids is 1. The van der Waals surface area contributed by atoms with Gasteiger partial charge in [-0.2, -0.15) is 0 Å². The molecule has 3 nitrogen and oxygen atoms in total. The highest BCUT2D eigenvalue weighted by Gasteiger charge is 2.27. The van der Waals surface area contributed by atoms with Crippen LogP contribution in [-0.4, -0.2) is 12.1 Å². The maximum atomic E-state index is 11.7. The summed E-state index contributed by atoms with van der Waals surface area (Å²) < 4.78 is 5.23. The number of hydrogen-bond acceptors (Lipinski definition) is 2. The Labute approximate surface area is 115 Å². The van der Waals surface area contributed by atoms with Crippen LogP contribution in [0.1, 0.15) is 45.1 Å². The van der Waals surface area contributed by atoms with Crippen LogP contribution < -0.4 is 5.32 Å². The van der Waals surface area contributed by atoms with Crippen LogP contribution in [-0.2, 0) is 11.3 Å². The number of carbonyl (C=O) groups is 1. The molecule has 0 aromatic heterocycles. The third-order valence-electron chi connectivity index (χ3n) is 3.87. The van der Waals surface area contributed by atoms with Crippen molar-refractivity contribution in [3.05, 3.63) is 35.9 Å². The smallest absolute Gasteiger partial charge is 0.407 e. The predicted molar refractivity (Wildman–Crippen MR) is 75.8 cm³/mol. The lowest BCUT2D eigenvalue weighted by molar-refractivity contribution is 0.126. The van der Waals surface area contributed by atoms with E-state index in [4.69, 9.17) is 4.74 Å². The fourth-order valence-corrected chi connectivity index (χ4v) is 2.48. The second kappa shape index (κ2) is 6.09. The first-order valence-electron chi connectivity index (χ1n) is 7.02. The zero-order chi connectivity index (χ0) is 13.7. The van der Waals surface area contributed by atoms with Crippen molar-refractivity contribution in [3.8, 4) is 0 Å². The molecule has 0 saturated heterocycles. The summed E-state index contributed by atoms with van der Waals surface area (Å²) in [7, 11) is 0. The van der Waals surface area contributed by atoms with E-state index >= 15 is 0 Å². The molecule has 1 fully saturated rings. The number of hydrogen-bond donors (Lipinski definition) is 1. The monoisotopic (exact) mass is 261 g/mol. The summed E-state index contributed by atoms with van der Waals surface area (Å²) >= 11 is 0. The summed E-state index contributed by atoms with van der Waals surface area (Å²) in [4.78, 5) is 11.7. The first-order valence-corrected chi connectivity index (χ1v) is 7.02. The average Bonchev–Trinajstić information content (AvgIpc) is 2.40. The standard InChI is InChI=1S/C16H23NO2/c1-16(2)10-8-14(9-11-16)17-15(18)19-12-13-6-4-3-5-7-13/h3-7,14H,8-12H2,1-2H3,(H,17,18). The molecule has 0 spiro atoms. The van der Waals surface area contributed by atoms with Crippen LogP contribution in [0.5, 0.6) is 0 Å². The van der Waals surface area contributed by atoms with Crippen LogP contribution in [0.4, 0.5) is 4.79 Å². The van der Waals surface area contributed by atoms with E-state index in [1.165, 1.54) is 0 Å². The van der Waals surface area contributed by atoms with Crippen molar-refractivity contribution in [1.82, 2.24) is 5.32 Å². The van der Waals surface area contributed by atoms with Gasteiger partial charge in [0.15, 0.2) is 0 Å². The maximum absolute atomic E-state index is 11.7. The molecule has 0 radical (unpaired) electrons. The summed E-state index contributed by atoms with van der Waals surface area (Å²) in [5.74, 6) is 0. The molecular weight excluding hydrogens is 238 g/mol. The van der Waals surface area contributed by atoms with Crippen LogP contribution in [0.2, 0.25) is 0 Å².